The molecule has 4 atom stereocenters. The van der Waals surface area contributed by atoms with E-state index < -0.39 is 31.1 Å². The number of fused-ring (bicyclic) bond motifs is 1. The second-order valence-electron chi connectivity index (χ2n) is 6.22. The SMILES string of the molecule is Nc1nc(OCc2ccccc2)nc2c1ncn2[C@@H]1O[C@H](CO)[C@@H](O)[C@H]1O. The Morgan fingerprint density at radius 1 is 1.15 bits per heavy atom. The molecule has 0 unspecified atom stereocenters. The number of hydrogen-bond donors (Lipinski definition) is 4. The molecule has 0 radical (unpaired) electrons. The summed E-state index contributed by atoms with van der Waals surface area (Å²) in [5, 5.41) is 29.5. The molecule has 0 saturated carbocycles. The van der Waals surface area contributed by atoms with Crippen molar-refractivity contribution in [2.75, 3.05) is 12.3 Å². The summed E-state index contributed by atoms with van der Waals surface area (Å²) < 4.78 is 12.6. The van der Waals surface area contributed by atoms with E-state index in [0.29, 0.717) is 11.2 Å². The highest BCUT2D eigenvalue weighted by Crippen LogP contribution is 2.32. The van der Waals surface area contributed by atoms with Crippen molar-refractivity contribution in [1.82, 2.24) is 19.5 Å². The zero-order valence-corrected chi connectivity index (χ0v) is 14.2. The number of hydrogen-bond acceptors (Lipinski definition) is 9. The number of nitrogens with two attached hydrogens (primary N) is 1. The molecular formula is C17H19N5O5. The van der Waals surface area contributed by atoms with E-state index in [9.17, 15) is 15.3 Å². The predicted octanol–water partition coefficient (Wildman–Crippen LogP) is -0.401. The highest BCUT2D eigenvalue weighted by molar-refractivity contribution is 5.82. The number of rotatable bonds is 5. The molecule has 1 aliphatic rings. The maximum Gasteiger partial charge on any atom is 0.320 e. The summed E-state index contributed by atoms with van der Waals surface area (Å²) >= 11 is 0. The first-order valence-electron chi connectivity index (χ1n) is 8.37. The van der Waals surface area contributed by atoms with Crippen molar-refractivity contribution in [2.24, 2.45) is 0 Å². The number of imidazole rings is 1. The van der Waals surface area contributed by atoms with Gasteiger partial charge < -0.3 is 30.5 Å². The van der Waals surface area contributed by atoms with Gasteiger partial charge in [-0.15, -0.1) is 0 Å². The Balaban J connectivity index is 1.64. The van der Waals surface area contributed by atoms with Gasteiger partial charge in [0.05, 0.1) is 12.9 Å². The van der Waals surface area contributed by atoms with Crippen LogP contribution in [-0.2, 0) is 11.3 Å². The van der Waals surface area contributed by atoms with E-state index in [1.165, 1.54) is 10.9 Å². The molecule has 10 nitrogen and oxygen atoms in total. The summed E-state index contributed by atoms with van der Waals surface area (Å²) in [6, 6.07) is 9.57. The third-order valence-electron chi connectivity index (χ3n) is 4.43. The van der Waals surface area contributed by atoms with E-state index >= 15 is 0 Å². The van der Waals surface area contributed by atoms with Gasteiger partial charge in [-0.1, -0.05) is 30.3 Å². The average Bonchev–Trinajstić information content (AvgIpc) is 3.23. The first kappa shape index (κ1) is 17.6. The maximum absolute atomic E-state index is 10.2. The van der Waals surface area contributed by atoms with E-state index in [1.807, 2.05) is 30.3 Å². The van der Waals surface area contributed by atoms with Gasteiger partial charge in [-0.05, 0) is 5.56 Å². The highest BCUT2D eigenvalue weighted by Gasteiger charge is 2.44. The van der Waals surface area contributed by atoms with Crippen molar-refractivity contribution in [2.45, 2.75) is 31.1 Å². The van der Waals surface area contributed by atoms with Crippen LogP contribution < -0.4 is 10.5 Å². The number of anilines is 1. The zero-order chi connectivity index (χ0) is 19.0. The number of ether oxygens (including phenoxy) is 2. The average molecular weight is 373 g/mol. The van der Waals surface area contributed by atoms with E-state index in [2.05, 4.69) is 15.0 Å². The number of aliphatic hydroxyl groups is 3. The highest BCUT2D eigenvalue weighted by atomic mass is 16.6. The number of nitrogen functional groups attached to an aromatic ring is 1. The molecule has 0 spiro atoms. The van der Waals surface area contributed by atoms with Gasteiger partial charge in [-0.25, -0.2) is 4.98 Å². The molecule has 1 fully saturated rings. The molecule has 142 valence electrons. The van der Waals surface area contributed by atoms with Gasteiger partial charge in [-0.3, -0.25) is 4.57 Å². The van der Waals surface area contributed by atoms with Gasteiger partial charge >= 0.3 is 6.01 Å². The molecule has 3 aromatic rings. The second kappa shape index (κ2) is 7.08. The molecule has 1 aliphatic heterocycles. The summed E-state index contributed by atoms with van der Waals surface area (Å²) in [5.41, 5.74) is 7.51. The van der Waals surface area contributed by atoms with Crippen LogP contribution in [0.4, 0.5) is 5.82 Å². The van der Waals surface area contributed by atoms with Gasteiger partial charge in [0.1, 0.15) is 24.9 Å². The van der Waals surface area contributed by atoms with E-state index in [0.717, 1.165) is 5.56 Å². The van der Waals surface area contributed by atoms with Crippen molar-refractivity contribution in [1.29, 1.82) is 0 Å². The monoisotopic (exact) mass is 373 g/mol. The van der Waals surface area contributed by atoms with Crippen LogP contribution in [-0.4, -0.2) is 59.8 Å². The van der Waals surface area contributed by atoms with Crippen molar-refractivity contribution in [3.05, 3.63) is 42.2 Å². The van der Waals surface area contributed by atoms with E-state index in [4.69, 9.17) is 15.2 Å². The van der Waals surface area contributed by atoms with Gasteiger partial charge in [-0.2, -0.15) is 9.97 Å². The summed E-state index contributed by atoms with van der Waals surface area (Å²) in [6.07, 6.45) is -2.99. The fourth-order valence-corrected chi connectivity index (χ4v) is 3.00. The third kappa shape index (κ3) is 3.19. The Labute approximate surface area is 153 Å². The third-order valence-corrected chi connectivity index (χ3v) is 4.43. The lowest BCUT2D eigenvalue weighted by Gasteiger charge is -2.16. The van der Waals surface area contributed by atoms with Gasteiger partial charge in [0, 0.05) is 0 Å². The van der Waals surface area contributed by atoms with Crippen LogP contribution in [0.1, 0.15) is 11.8 Å². The quantitative estimate of drug-likeness (QED) is 0.468. The molecule has 2 aromatic heterocycles. The molecule has 0 amide bonds. The minimum atomic E-state index is -1.26. The fraction of sp³-hybridized carbons (Fsp3) is 0.353. The van der Waals surface area contributed by atoms with Crippen LogP contribution in [0.15, 0.2) is 36.7 Å². The Hall–Kier alpha value is -2.79. The number of benzene rings is 1. The largest absolute Gasteiger partial charge is 0.458 e. The number of aromatic nitrogens is 4. The van der Waals surface area contributed by atoms with Crippen LogP contribution in [0.25, 0.3) is 11.2 Å². The van der Waals surface area contributed by atoms with Crippen LogP contribution >= 0.6 is 0 Å². The van der Waals surface area contributed by atoms with Crippen LogP contribution in [0.2, 0.25) is 0 Å². The lowest BCUT2D eigenvalue weighted by molar-refractivity contribution is -0.0511. The van der Waals surface area contributed by atoms with Gasteiger partial charge in [0.25, 0.3) is 0 Å². The van der Waals surface area contributed by atoms with E-state index in [-0.39, 0.29) is 18.4 Å². The fourth-order valence-electron chi connectivity index (χ4n) is 3.00. The molecule has 0 aliphatic carbocycles. The normalized spacial score (nSPS) is 25.1. The summed E-state index contributed by atoms with van der Waals surface area (Å²) in [7, 11) is 0. The molecule has 5 N–H and O–H groups in total. The van der Waals surface area contributed by atoms with Crippen LogP contribution in [0.3, 0.4) is 0 Å². The molecule has 0 bridgehead atoms. The molecule has 27 heavy (non-hydrogen) atoms. The summed E-state index contributed by atoms with van der Waals surface area (Å²) in [5.74, 6) is 0.119. The lowest BCUT2D eigenvalue weighted by Crippen LogP contribution is -2.33. The first-order chi connectivity index (χ1) is 13.1. The molecule has 3 heterocycles. The van der Waals surface area contributed by atoms with Crippen molar-refractivity contribution in [3.63, 3.8) is 0 Å². The minimum absolute atomic E-state index is 0.0531. The number of aliphatic hydroxyl groups excluding tert-OH is 3. The zero-order valence-electron chi connectivity index (χ0n) is 14.2. The molecule has 1 saturated heterocycles. The standard InChI is InChI=1S/C17H19N5O5/c18-14-11-15(21-17(20-14)26-7-9-4-2-1-3-5-9)22(8-19-11)16-13(25)12(24)10(6-23)27-16/h1-5,8,10,12-13,16,23-25H,6-7H2,(H2,18,20,21)/t10-,12-,13-,16-/m1/s1. The Bertz CT molecular complexity index is 934. The number of nitrogens with zero attached hydrogens (tertiary/aromatic N) is 4. The lowest BCUT2D eigenvalue weighted by atomic mass is 10.1. The molecule has 4 rings (SSSR count). The Morgan fingerprint density at radius 2 is 1.93 bits per heavy atom. The van der Waals surface area contributed by atoms with Crippen molar-refractivity contribution >= 4 is 17.0 Å². The smallest absolute Gasteiger partial charge is 0.320 e. The van der Waals surface area contributed by atoms with Crippen molar-refractivity contribution in [3.8, 4) is 6.01 Å². The maximum atomic E-state index is 10.2. The van der Waals surface area contributed by atoms with Gasteiger partial charge in [0.2, 0.25) is 0 Å². The minimum Gasteiger partial charge on any atom is -0.458 e. The van der Waals surface area contributed by atoms with E-state index in [1.54, 1.807) is 0 Å². The second-order valence-corrected chi connectivity index (χ2v) is 6.22. The topological polar surface area (TPSA) is 149 Å². The molecular weight excluding hydrogens is 354 g/mol. The van der Waals surface area contributed by atoms with Crippen LogP contribution in [0, 0.1) is 0 Å². The first-order valence-corrected chi connectivity index (χ1v) is 8.37. The summed E-state index contributed by atoms with van der Waals surface area (Å²) in [4.78, 5) is 12.6. The molecule has 1 aromatic carbocycles. The molecule has 10 heteroatoms. The van der Waals surface area contributed by atoms with Crippen LogP contribution in [0.5, 0.6) is 6.01 Å². The van der Waals surface area contributed by atoms with Gasteiger partial charge in [0.15, 0.2) is 23.2 Å². The predicted molar refractivity (Wildman–Crippen MR) is 93.5 cm³/mol. The Morgan fingerprint density at radius 3 is 2.63 bits per heavy atom. The van der Waals surface area contributed by atoms with Crippen molar-refractivity contribution < 1.29 is 24.8 Å². The summed E-state index contributed by atoms with van der Waals surface area (Å²) in [6.45, 7) is -0.169. The Kier molecular flexibility index (Phi) is 4.62.